The van der Waals surface area contributed by atoms with Crippen molar-refractivity contribution >= 4 is 33.8 Å². The highest BCUT2D eigenvalue weighted by molar-refractivity contribution is 6.05. The first kappa shape index (κ1) is 23.6. The van der Waals surface area contributed by atoms with Crippen LogP contribution in [0.3, 0.4) is 0 Å². The zero-order valence-corrected chi connectivity index (χ0v) is 19.5. The molecule has 0 unspecified atom stereocenters. The van der Waals surface area contributed by atoms with Crippen LogP contribution in [-0.2, 0) is 4.79 Å². The lowest BCUT2D eigenvalue weighted by molar-refractivity contribution is -0.384. The van der Waals surface area contributed by atoms with E-state index in [0.29, 0.717) is 29.2 Å². The average molecular weight is 472 g/mol. The van der Waals surface area contributed by atoms with Gasteiger partial charge in [-0.15, -0.1) is 0 Å². The van der Waals surface area contributed by atoms with Gasteiger partial charge < -0.3 is 19.2 Å². The zero-order valence-electron chi connectivity index (χ0n) is 19.5. The van der Waals surface area contributed by atoms with Crippen LogP contribution < -0.4 is 14.8 Å². The molecule has 3 aromatic carbocycles. The number of anilines is 1. The number of nitrogens with zero attached hydrogens (tertiary/aromatic N) is 1. The number of fused-ring (bicyclic) bond motifs is 1. The minimum absolute atomic E-state index is 0.0996. The van der Waals surface area contributed by atoms with E-state index in [1.807, 2.05) is 37.3 Å². The van der Waals surface area contributed by atoms with E-state index in [4.69, 9.17) is 13.9 Å². The average Bonchev–Trinajstić information content (AvgIpc) is 3.26. The van der Waals surface area contributed by atoms with E-state index in [2.05, 4.69) is 5.32 Å². The number of non-ortho nitro benzene ring substituents is 1. The number of nitro groups is 1. The maximum Gasteiger partial charge on any atom is 0.271 e. The second-order valence-corrected chi connectivity index (χ2v) is 7.78. The van der Waals surface area contributed by atoms with Gasteiger partial charge in [-0.2, -0.15) is 0 Å². The minimum atomic E-state index is -0.510. The van der Waals surface area contributed by atoms with Crippen molar-refractivity contribution < 1.29 is 23.6 Å². The molecule has 4 aromatic rings. The lowest BCUT2D eigenvalue weighted by Gasteiger charge is -2.10. The number of nitrogens with one attached hydrogen (secondary N) is 1. The summed E-state index contributed by atoms with van der Waals surface area (Å²) in [5, 5.41) is 14.5. The van der Waals surface area contributed by atoms with Crippen LogP contribution in [0.5, 0.6) is 11.5 Å². The third-order valence-corrected chi connectivity index (χ3v) is 5.47. The molecule has 0 aliphatic rings. The third-order valence-electron chi connectivity index (χ3n) is 5.47. The summed E-state index contributed by atoms with van der Waals surface area (Å²) in [4.78, 5) is 23.1. The Labute approximate surface area is 201 Å². The maximum absolute atomic E-state index is 12.6. The number of hydrogen-bond acceptors (Lipinski definition) is 6. The van der Waals surface area contributed by atoms with Crippen LogP contribution in [0.15, 0.2) is 77.4 Å². The first-order chi connectivity index (χ1) is 16.9. The lowest BCUT2D eigenvalue weighted by atomic mass is 9.99. The molecule has 1 aromatic heterocycles. The first-order valence-electron chi connectivity index (χ1n) is 11.0. The molecule has 178 valence electrons. The molecule has 1 amide bonds. The predicted octanol–water partition coefficient (Wildman–Crippen LogP) is 6.46. The molecule has 0 saturated carbocycles. The Morgan fingerprint density at radius 1 is 1.14 bits per heavy atom. The second kappa shape index (κ2) is 10.1. The highest BCUT2D eigenvalue weighted by Crippen LogP contribution is 2.37. The Hall–Kier alpha value is -4.59. The summed E-state index contributed by atoms with van der Waals surface area (Å²) in [6.07, 6.45) is 3.12. The highest BCUT2D eigenvalue weighted by atomic mass is 16.6. The minimum Gasteiger partial charge on any atom is -0.496 e. The van der Waals surface area contributed by atoms with Gasteiger partial charge in [0.1, 0.15) is 17.1 Å². The van der Waals surface area contributed by atoms with Crippen LogP contribution in [0.4, 0.5) is 11.4 Å². The molecule has 0 bridgehead atoms. The van der Waals surface area contributed by atoms with Crippen molar-refractivity contribution in [3.63, 3.8) is 0 Å². The number of hydrogen-bond donors (Lipinski definition) is 1. The van der Waals surface area contributed by atoms with Crippen molar-refractivity contribution in [2.24, 2.45) is 0 Å². The van der Waals surface area contributed by atoms with Gasteiger partial charge in [0.2, 0.25) is 5.91 Å². The Bertz CT molecular complexity index is 1420. The van der Waals surface area contributed by atoms with Gasteiger partial charge in [-0.05, 0) is 49.2 Å². The summed E-state index contributed by atoms with van der Waals surface area (Å²) >= 11 is 0. The lowest BCUT2D eigenvalue weighted by Crippen LogP contribution is -2.09. The number of rotatable bonds is 8. The molecule has 0 atom stereocenters. The monoisotopic (exact) mass is 472 g/mol. The molecule has 1 N–H and O–H groups in total. The Kier molecular flexibility index (Phi) is 6.82. The van der Waals surface area contributed by atoms with Gasteiger partial charge in [-0.3, -0.25) is 14.9 Å². The van der Waals surface area contributed by atoms with Gasteiger partial charge in [-0.1, -0.05) is 18.2 Å². The summed E-state index contributed by atoms with van der Waals surface area (Å²) in [6, 6.07) is 17.2. The van der Waals surface area contributed by atoms with Gasteiger partial charge in [0.15, 0.2) is 0 Å². The van der Waals surface area contributed by atoms with E-state index >= 15 is 0 Å². The molecule has 0 spiro atoms. The van der Waals surface area contributed by atoms with Crippen molar-refractivity contribution in [2.45, 2.75) is 13.8 Å². The number of carbonyl (C=O) groups is 1. The molecule has 8 heteroatoms. The standard InChI is InChI=1S/C27H24N2O6/c1-4-34-21-10-8-18(9-11-21)24-16-35-26-15-25(33-3)22(14-23(24)26)17(2)12-27(30)28-19-6-5-7-20(13-19)29(31)32/h5-16H,4H2,1-3H3,(H,28,30)/b17-12+. The molecule has 8 nitrogen and oxygen atoms in total. The molecule has 0 aliphatic heterocycles. The fourth-order valence-corrected chi connectivity index (χ4v) is 3.80. The molecule has 0 fully saturated rings. The van der Waals surface area contributed by atoms with E-state index in [9.17, 15) is 14.9 Å². The van der Waals surface area contributed by atoms with Crippen molar-refractivity contribution in [1.29, 1.82) is 0 Å². The van der Waals surface area contributed by atoms with E-state index in [0.717, 1.165) is 27.8 Å². The number of amides is 1. The molecule has 35 heavy (non-hydrogen) atoms. The quantitative estimate of drug-likeness (QED) is 0.179. The summed E-state index contributed by atoms with van der Waals surface area (Å²) in [7, 11) is 1.55. The molecule has 0 radical (unpaired) electrons. The van der Waals surface area contributed by atoms with Gasteiger partial charge in [0.25, 0.3) is 5.69 Å². The van der Waals surface area contributed by atoms with E-state index in [1.165, 1.54) is 24.3 Å². The van der Waals surface area contributed by atoms with Crippen molar-refractivity contribution in [3.8, 4) is 22.6 Å². The van der Waals surface area contributed by atoms with Crippen molar-refractivity contribution in [1.82, 2.24) is 0 Å². The largest absolute Gasteiger partial charge is 0.496 e. The van der Waals surface area contributed by atoms with Crippen LogP contribution >= 0.6 is 0 Å². The molecular weight excluding hydrogens is 448 g/mol. The number of nitro benzene ring substituents is 1. The second-order valence-electron chi connectivity index (χ2n) is 7.78. The maximum atomic E-state index is 12.6. The van der Waals surface area contributed by atoms with Crippen molar-refractivity contribution in [2.75, 3.05) is 19.0 Å². The fourth-order valence-electron chi connectivity index (χ4n) is 3.80. The number of benzene rings is 3. The molecule has 0 aliphatic carbocycles. The van der Waals surface area contributed by atoms with Gasteiger partial charge >= 0.3 is 0 Å². The van der Waals surface area contributed by atoms with Gasteiger partial charge in [0, 0.05) is 46.5 Å². The van der Waals surface area contributed by atoms with Crippen LogP contribution in [-0.4, -0.2) is 24.5 Å². The van der Waals surface area contributed by atoms with E-state index in [1.54, 1.807) is 32.4 Å². The number of carbonyl (C=O) groups excluding carboxylic acids is 1. The van der Waals surface area contributed by atoms with Gasteiger partial charge in [-0.25, -0.2) is 0 Å². The first-order valence-corrected chi connectivity index (χ1v) is 11.0. The summed E-state index contributed by atoms with van der Waals surface area (Å²) in [5.41, 5.74) is 4.14. The number of furan rings is 1. The molecule has 4 rings (SSSR count). The van der Waals surface area contributed by atoms with E-state index in [-0.39, 0.29) is 5.69 Å². The normalized spacial score (nSPS) is 11.3. The van der Waals surface area contributed by atoms with Crippen LogP contribution in [0, 0.1) is 10.1 Å². The summed E-state index contributed by atoms with van der Waals surface area (Å²) in [6.45, 7) is 4.33. The fraction of sp³-hybridized carbons (Fsp3) is 0.148. The molecular formula is C27H24N2O6. The Morgan fingerprint density at radius 3 is 2.60 bits per heavy atom. The highest BCUT2D eigenvalue weighted by Gasteiger charge is 2.15. The van der Waals surface area contributed by atoms with Crippen LogP contribution in [0.2, 0.25) is 0 Å². The van der Waals surface area contributed by atoms with Gasteiger partial charge in [0.05, 0.1) is 24.9 Å². The number of ether oxygens (including phenoxy) is 2. The third kappa shape index (κ3) is 5.16. The summed E-state index contributed by atoms with van der Waals surface area (Å²) < 4.78 is 16.9. The Morgan fingerprint density at radius 2 is 1.91 bits per heavy atom. The SMILES string of the molecule is CCOc1ccc(-c2coc3cc(OC)c(/C(C)=C/C(=O)Nc4cccc([N+](=O)[O-])c4)cc23)cc1. The van der Waals surface area contributed by atoms with Crippen LogP contribution in [0.1, 0.15) is 19.4 Å². The summed E-state index contributed by atoms with van der Waals surface area (Å²) in [5.74, 6) is 0.936. The van der Waals surface area contributed by atoms with E-state index < -0.39 is 10.8 Å². The number of allylic oxidation sites excluding steroid dienone is 1. The topological polar surface area (TPSA) is 104 Å². The van der Waals surface area contributed by atoms with Crippen LogP contribution in [0.25, 0.3) is 27.7 Å². The Balaban J connectivity index is 1.66. The predicted molar refractivity (Wildman–Crippen MR) is 135 cm³/mol. The van der Waals surface area contributed by atoms with Crippen molar-refractivity contribution in [3.05, 3.63) is 88.7 Å². The smallest absolute Gasteiger partial charge is 0.271 e. The zero-order chi connectivity index (χ0) is 24.9. The molecule has 1 heterocycles. The molecule has 0 saturated heterocycles. The number of methoxy groups -OCH3 is 1.